The molecule has 8 heteroatoms. The number of nitrogens with one attached hydrogen (secondary N) is 2. The summed E-state index contributed by atoms with van der Waals surface area (Å²) in [7, 11) is -3.69. The topological polar surface area (TPSA) is 95.6 Å². The lowest BCUT2D eigenvalue weighted by Crippen LogP contribution is -2.50. The van der Waals surface area contributed by atoms with E-state index in [4.69, 9.17) is 0 Å². The number of rotatable bonds is 11. The minimum atomic E-state index is -3.69. The van der Waals surface area contributed by atoms with Crippen LogP contribution in [-0.2, 0) is 21.2 Å². The summed E-state index contributed by atoms with van der Waals surface area (Å²) in [5, 5.41) is 5.68. The summed E-state index contributed by atoms with van der Waals surface area (Å²) in [6.45, 7) is 10.4. The molecule has 0 aliphatic carbocycles. The molecule has 2 aromatic rings. The maximum Gasteiger partial charge on any atom is 0.251 e. The maximum atomic E-state index is 12.9. The second kappa shape index (κ2) is 12.0. The molecular formula is C25H35N3O4S. The third kappa shape index (κ3) is 6.88. The Bertz CT molecular complexity index is 1060. The molecular weight excluding hydrogens is 438 g/mol. The SMILES string of the molecule is CCN(CC)S(=O)(=O)c1cccc(C(=O)N[C@H](C(=O)NCCc2ccccc2C)C(C)C)c1. The fraction of sp³-hybridized carbons (Fsp3) is 0.440. The highest BCUT2D eigenvalue weighted by atomic mass is 32.2. The molecule has 180 valence electrons. The van der Waals surface area contributed by atoms with E-state index in [1.807, 2.05) is 45.0 Å². The zero-order valence-electron chi connectivity index (χ0n) is 20.1. The number of hydrogen-bond donors (Lipinski definition) is 2. The molecule has 0 saturated heterocycles. The highest BCUT2D eigenvalue weighted by Crippen LogP contribution is 2.17. The first kappa shape index (κ1) is 26.5. The molecule has 2 rings (SSSR count). The number of benzene rings is 2. The number of sulfonamides is 1. The molecule has 7 nitrogen and oxygen atoms in total. The van der Waals surface area contributed by atoms with Gasteiger partial charge in [-0.15, -0.1) is 0 Å². The highest BCUT2D eigenvalue weighted by Gasteiger charge is 2.26. The second-order valence-corrected chi connectivity index (χ2v) is 10.2. The summed E-state index contributed by atoms with van der Waals surface area (Å²) in [4.78, 5) is 25.7. The summed E-state index contributed by atoms with van der Waals surface area (Å²) in [6, 6.07) is 13.2. The minimum absolute atomic E-state index is 0.0580. The third-order valence-electron chi connectivity index (χ3n) is 5.63. The summed E-state index contributed by atoms with van der Waals surface area (Å²) in [5.41, 5.74) is 2.52. The Morgan fingerprint density at radius 3 is 2.27 bits per heavy atom. The molecule has 0 fully saturated rings. The Morgan fingerprint density at radius 1 is 1.00 bits per heavy atom. The van der Waals surface area contributed by atoms with Gasteiger partial charge < -0.3 is 10.6 Å². The van der Waals surface area contributed by atoms with E-state index >= 15 is 0 Å². The van der Waals surface area contributed by atoms with Crippen molar-refractivity contribution in [3.05, 3.63) is 65.2 Å². The van der Waals surface area contributed by atoms with Crippen molar-refractivity contribution < 1.29 is 18.0 Å². The predicted molar refractivity (Wildman–Crippen MR) is 131 cm³/mol. The normalized spacial score (nSPS) is 12.6. The highest BCUT2D eigenvalue weighted by molar-refractivity contribution is 7.89. The average molecular weight is 474 g/mol. The fourth-order valence-electron chi connectivity index (χ4n) is 3.59. The van der Waals surface area contributed by atoms with Gasteiger partial charge in [-0.1, -0.05) is 58.0 Å². The van der Waals surface area contributed by atoms with E-state index in [1.54, 1.807) is 19.9 Å². The zero-order valence-corrected chi connectivity index (χ0v) is 20.9. The van der Waals surface area contributed by atoms with Crippen LogP contribution in [0.1, 0.15) is 49.2 Å². The molecule has 0 aliphatic heterocycles. The smallest absolute Gasteiger partial charge is 0.251 e. The van der Waals surface area contributed by atoms with Crippen molar-refractivity contribution in [3.8, 4) is 0 Å². The minimum Gasteiger partial charge on any atom is -0.354 e. The molecule has 33 heavy (non-hydrogen) atoms. The molecule has 1 atom stereocenters. The number of carbonyl (C=O) groups excluding carboxylic acids is 2. The van der Waals surface area contributed by atoms with Crippen LogP contribution < -0.4 is 10.6 Å². The lowest BCUT2D eigenvalue weighted by molar-refractivity contribution is -0.123. The third-order valence-corrected chi connectivity index (χ3v) is 7.68. The Labute approximate surface area is 197 Å². The molecule has 2 N–H and O–H groups in total. The largest absolute Gasteiger partial charge is 0.354 e. The molecule has 0 aromatic heterocycles. The Balaban J connectivity index is 2.09. The summed E-state index contributed by atoms with van der Waals surface area (Å²) in [5.74, 6) is -0.895. The lowest BCUT2D eigenvalue weighted by atomic mass is 10.0. The van der Waals surface area contributed by atoms with Gasteiger partial charge in [0.2, 0.25) is 15.9 Å². The number of amides is 2. The van der Waals surface area contributed by atoms with Crippen molar-refractivity contribution in [2.75, 3.05) is 19.6 Å². The Kier molecular flexibility index (Phi) is 9.61. The van der Waals surface area contributed by atoms with Crippen LogP contribution in [0.4, 0.5) is 0 Å². The van der Waals surface area contributed by atoms with Gasteiger partial charge in [0, 0.05) is 25.2 Å². The van der Waals surface area contributed by atoms with Crippen molar-refractivity contribution in [2.24, 2.45) is 5.92 Å². The van der Waals surface area contributed by atoms with Gasteiger partial charge in [0.25, 0.3) is 5.91 Å². The van der Waals surface area contributed by atoms with Crippen LogP contribution in [0, 0.1) is 12.8 Å². The van der Waals surface area contributed by atoms with E-state index in [-0.39, 0.29) is 22.3 Å². The molecule has 0 radical (unpaired) electrons. The molecule has 0 heterocycles. The van der Waals surface area contributed by atoms with Gasteiger partial charge in [-0.2, -0.15) is 4.31 Å². The monoisotopic (exact) mass is 473 g/mol. The molecule has 0 spiro atoms. The number of nitrogens with zero attached hydrogens (tertiary/aromatic N) is 1. The van der Waals surface area contributed by atoms with Crippen LogP contribution in [0.3, 0.4) is 0 Å². The Hall–Kier alpha value is -2.71. The van der Waals surface area contributed by atoms with Gasteiger partial charge in [-0.3, -0.25) is 9.59 Å². The molecule has 2 amide bonds. The van der Waals surface area contributed by atoms with Crippen molar-refractivity contribution in [2.45, 2.75) is 52.0 Å². The lowest BCUT2D eigenvalue weighted by Gasteiger charge is -2.22. The van der Waals surface area contributed by atoms with Gasteiger partial charge in [-0.25, -0.2) is 8.42 Å². The van der Waals surface area contributed by atoms with Crippen LogP contribution in [-0.4, -0.2) is 50.2 Å². The number of hydrogen-bond acceptors (Lipinski definition) is 4. The standard InChI is InChI=1S/C25H35N3O4S/c1-6-28(7-2)33(31,32)22-14-10-13-21(17-22)24(29)27-23(18(3)4)25(30)26-16-15-20-12-9-8-11-19(20)5/h8-14,17-18,23H,6-7,15-16H2,1-5H3,(H,26,30)(H,27,29)/t23-/m0/s1. The van der Waals surface area contributed by atoms with E-state index in [9.17, 15) is 18.0 Å². The first-order chi connectivity index (χ1) is 15.6. The van der Waals surface area contributed by atoms with Gasteiger partial charge >= 0.3 is 0 Å². The molecule has 0 bridgehead atoms. The van der Waals surface area contributed by atoms with Gasteiger partial charge in [0.1, 0.15) is 6.04 Å². The summed E-state index contributed by atoms with van der Waals surface area (Å²) in [6.07, 6.45) is 0.697. The van der Waals surface area contributed by atoms with E-state index in [1.165, 1.54) is 28.1 Å². The zero-order chi connectivity index (χ0) is 24.6. The van der Waals surface area contributed by atoms with Crippen molar-refractivity contribution in [3.63, 3.8) is 0 Å². The van der Waals surface area contributed by atoms with Crippen LogP contribution in [0.2, 0.25) is 0 Å². The van der Waals surface area contributed by atoms with E-state index in [0.717, 1.165) is 5.56 Å². The van der Waals surface area contributed by atoms with Gasteiger partial charge in [0.15, 0.2) is 0 Å². The fourth-order valence-corrected chi connectivity index (χ4v) is 5.10. The van der Waals surface area contributed by atoms with E-state index < -0.39 is 22.0 Å². The van der Waals surface area contributed by atoms with Crippen LogP contribution in [0.15, 0.2) is 53.4 Å². The summed E-state index contributed by atoms with van der Waals surface area (Å²) < 4.78 is 26.9. The molecule has 0 saturated carbocycles. The predicted octanol–water partition coefficient (Wildman–Crippen LogP) is 3.14. The maximum absolute atomic E-state index is 12.9. The quantitative estimate of drug-likeness (QED) is 0.524. The average Bonchev–Trinajstić information content (AvgIpc) is 2.79. The molecule has 0 unspecified atom stereocenters. The van der Waals surface area contributed by atoms with E-state index in [0.29, 0.717) is 26.1 Å². The molecule has 2 aromatic carbocycles. The van der Waals surface area contributed by atoms with E-state index in [2.05, 4.69) is 10.6 Å². The summed E-state index contributed by atoms with van der Waals surface area (Å²) >= 11 is 0. The van der Waals surface area contributed by atoms with Crippen molar-refractivity contribution in [1.82, 2.24) is 14.9 Å². The van der Waals surface area contributed by atoms with Gasteiger partial charge in [0.05, 0.1) is 4.90 Å². The number of carbonyl (C=O) groups is 2. The Morgan fingerprint density at radius 2 is 1.67 bits per heavy atom. The second-order valence-electron chi connectivity index (χ2n) is 8.28. The number of aryl methyl sites for hydroxylation is 1. The van der Waals surface area contributed by atoms with Crippen LogP contribution in [0.5, 0.6) is 0 Å². The van der Waals surface area contributed by atoms with Crippen molar-refractivity contribution in [1.29, 1.82) is 0 Å². The molecule has 0 aliphatic rings. The first-order valence-electron chi connectivity index (χ1n) is 11.3. The van der Waals surface area contributed by atoms with Crippen LogP contribution in [0.25, 0.3) is 0 Å². The first-order valence-corrected chi connectivity index (χ1v) is 12.8. The van der Waals surface area contributed by atoms with Crippen LogP contribution >= 0.6 is 0 Å². The van der Waals surface area contributed by atoms with Crippen molar-refractivity contribution >= 4 is 21.8 Å². The van der Waals surface area contributed by atoms with Gasteiger partial charge in [-0.05, 0) is 48.6 Å².